The third-order valence-electron chi connectivity index (χ3n) is 2.59. The SMILES string of the molecule is NC(=O)CCCCCCCCn1[nH]nnc1=S. The lowest BCUT2D eigenvalue weighted by Crippen LogP contribution is -2.09. The molecular formula is C10H19N5OS. The van der Waals surface area contributed by atoms with Crippen LogP contribution in [0.5, 0.6) is 0 Å². The number of nitrogens with zero attached hydrogens (tertiary/aromatic N) is 3. The molecule has 0 atom stereocenters. The number of nitrogens with one attached hydrogen (secondary N) is 1. The highest BCUT2D eigenvalue weighted by Crippen LogP contribution is 2.07. The second-order valence-corrected chi connectivity index (χ2v) is 4.44. The molecule has 0 fully saturated rings. The quantitative estimate of drug-likeness (QED) is 0.519. The number of hydrogen-bond donors (Lipinski definition) is 2. The molecule has 17 heavy (non-hydrogen) atoms. The Morgan fingerprint density at radius 1 is 1.24 bits per heavy atom. The topological polar surface area (TPSA) is 89.6 Å². The molecule has 0 radical (unpaired) electrons. The van der Waals surface area contributed by atoms with Crippen molar-refractivity contribution in [2.24, 2.45) is 5.73 Å². The number of aromatic nitrogens is 4. The summed E-state index contributed by atoms with van der Waals surface area (Å²) < 4.78 is 2.27. The zero-order valence-corrected chi connectivity index (χ0v) is 10.7. The number of unbranched alkanes of at least 4 members (excludes halogenated alkanes) is 5. The number of aryl methyl sites for hydroxylation is 1. The number of hydrogen-bond acceptors (Lipinski definition) is 4. The average Bonchev–Trinajstić information content (AvgIpc) is 2.68. The fourth-order valence-electron chi connectivity index (χ4n) is 1.64. The van der Waals surface area contributed by atoms with Crippen molar-refractivity contribution in [1.82, 2.24) is 20.2 Å². The lowest BCUT2D eigenvalue weighted by atomic mass is 10.1. The fraction of sp³-hybridized carbons (Fsp3) is 0.800. The minimum absolute atomic E-state index is 0.203. The van der Waals surface area contributed by atoms with Crippen molar-refractivity contribution in [2.45, 2.75) is 51.5 Å². The summed E-state index contributed by atoms with van der Waals surface area (Å²) in [5.74, 6) is -0.203. The molecule has 0 saturated carbocycles. The summed E-state index contributed by atoms with van der Waals surface area (Å²) in [6.07, 6.45) is 7.03. The van der Waals surface area contributed by atoms with Crippen molar-refractivity contribution in [3.8, 4) is 0 Å². The summed E-state index contributed by atoms with van der Waals surface area (Å²) in [6.45, 7) is 0.840. The number of carbonyl (C=O) groups excluding carboxylic acids is 1. The maximum atomic E-state index is 10.5. The molecule has 1 rings (SSSR count). The lowest BCUT2D eigenvalue weighted by Gasteiger charge is -2.01. The standard InChI is InChI=1S/C10H19N5OS/c11-9(16)7-5-3-1-2-4-6-8-15-10(17)12-13-14-15/h1-8H2,(H2,11,16)(H,12,14,17). The summed E-state index contributed by atoms with van der Waals surface area (Å²) in [6, 6.07) is 0. The van der Waals surface area contributed by atoms with Gasteiger partial charge in [-0.3, -0.25) is 4.79 Å². The van der Waals surface area contributed by atoms with E-state index in [1.54, 1.807) is 4.68 Å². The van der Waals surface area contributed by atoms with Crippen LogP contribution in [0.3, 0.4) is 0 Å². The number of carbonyl (C=O) groups is 1. The normalized spacial score (nSPS) is 10.6. The highest BCUT2D eigenvalue weighted by molar-refractivity contribution is 7.71. The van der Waals surface area contributed by atoms with Crippen LogP contribution in [0.25, 0.3) is 0 Å². The van der Waals surface area contributed by atoms with Crippen molar-refractivity contribution in [3.05, 3.63) is 4.77 Å². The predicted molar refractivity (Wildman–Crippen MR) is 66.7 cm³/mol. The molecule has 7 heteroatoms. The van der Waals surface area contributed by atoms with Crippen LogP contribution >= 0.6 is 12.2 Å². The van der Waals surface area contributed by atoms with E-state index in [9.17, 15) is 4.79 Å². The summed E-state index contributed by atoms with van der Waals surface area (Å²) in [7, 11) is 0. The molecule has 0 bridgehead atoms. The van der Waals surface area contributed by atoms with E-state index in [-0.39, 0.29) is 5.91 Å². The molecule has 0 aliphatic carbocycles. The van der Waals surface area contributed by atoms with E-state index in [2.05, 4.69) is 15.5 Å². The molecule has 1 aromatic rings. The van der Waals surface area contributed by atoms with Crippen molar-refractivity contribution < 1.29 is 4.79 Å². The monoisotopic (exact) mass is 257 g/mol. The van der Waals surface area contributed by atoms with Crippen LogP contribution in [0, 0.1) is 4.77 Å². The number of H-pyrrole nitrogens is 1. The fourth-order valence-corrected chi connectivity index (χ4v) is 1.81. The zero-order valence-electron chi connectivity index (χ0n) is 9.89. The predicted octanol–water partition coefficient (Wildman–Crippen LogP) is 1.55. The molecule has 1 aromatic heterocycles. The maximum absolute atomic E-state index is 10.5. The summed E-state index contributed by atoms with van der Waals surface area (Å²) in [5, 5.41) is 10.0. The highest BCUT2D eigenvalue weighted by Gasteiger charge is 1.97. The van der Waals surface area contributed by atoms with Crippen LogP contribution in [0.15, 0.2) is 0 Å². The molecule has 0 unspecified atom stereocenters. The van der Waals surface area contributed by atoms with Gasteiger partial charge < -0.3 is 5.73 Å². The second kappa shape index (κ2) is 7.94. The van der Waals surface area contributed by atoms with Gasteiger partial charge in [0.25, 0.3) is 0 Å². The molecule has 0 spiro atoms. The summed E-state index contributed by atoms with van der Waals surface area (Å²) in [5.41, 5.74) is 5.06. The number of nitrogens with two attached hydrogens (primary N) is 1. The Morgan fingerprint density at radius 2 is 1.88 bits per heavy atom. The minimum atomic E-state index is -0.203. The number of rotatable bonds is 9. The van der Waals surface area contributed by atoms with Gasteiger partial charge in [-0.25, -0.2) is 4.68 Å². The van der Waals surface area contributed by atoms with Gasteiger partial charge in [0.1, 0.15) is 0 Å². The Kier molecular flexibility index (Phi) is 6.46. The van der Waals surface area contributed by atoms with E-state index in [0.29, 0.717) is 11.2 Å². The van der Waals surface area contributed by atoms with Crippen molar-refractivity contribution >= 4 is 18.1 Å². The third-order valence-corrected chi connectivity index (χ3v) is 2.89. The van der Waals surface area contributed by atoms with Gasteiger partial charge in [-0.05, 0) is 25.1 Å². The van der Waals surface area contributed by atoms with Gasteiger partial charge in [-0.15, -0.1) is 0 Å². The van der Waals surface area contributed by atoms with Gasteiger partial charge in [0, 0.05) is 13.0 Å². The van der Waals surface area contributed by atoms with Crippen molar-refractivity contribution in [3.63, 3.8) is 0 Å². The van der Waals surface area contributed by atoms with Crippen molar-refractivity contribution in [1.29, 1.82) is 0 Å². The molecule has 0 aliphatic heterocycles. The molecule has 0 aromatic carbocycles. The Hall–Kier alpha value is -1.24. The molecule has 96 valence electrons. The molecule has 1 amide bonds. The molecule has 0 aliphatic rings. The zero-order chi connectivity index (χ0) is 12.5. The van der Waals surface area contributed by atoms with Gasteiger partial charge in [-0.2, -0.15) is 5.21 Å². The Balaban J connectivity index is 1.93. The van der Waals surface area contributed by atoms with Crippen LogP contribution in [-0.4, -0.2) is 26.1 Å². The summed E-state index contributed by atoms with van der Waals surface area (Å²) in [4.78, 5) is 10.5. The van der Waals surface area contributed by atoms with Gasteiger partial charge in [0.05, 0.1) is 0 Å². The van der Waals surface area contributed by atoms with Crippen molar-refractivity contribution in [2.75, 3.05) is 0 Å². The molecule has 6 nitrogen and oxygen atoms in total. The number of amides is 1. The number of aromatic amines is 1. The first kappa shape index (κ1) is 13.8. The minimum Gasteiger partial charge on any atom is -0.370 e. The first-order chi connectivity index (χ1) is 8.20. The van der Waals surface area contributed by atoms with Crippen LogP contribution in [0.4, 0.5) is 0 Å². The summed E-state index contributed by atoms with van der Waals surface area (Å²) >= 11 is 4.96. The van der Waals surface area contributed by atoms with E-state index < -0.39 is 0 Å². The molecule has 3 N–H and O–H groups in total. The Labute approximate surface area is 106 Å². The van der Waals surface area contributed by atoms with Crippen LogP contribution in [0.1, 0.15) is 44.9 Å². The number of tetrazole rings is 1. The van der Waals surface area contributed by atoms with E-state index in [1.807, 2.05) is 0 Å². The Morgan fingerprint density at radius 3 is 2.47 bits per heavy atom. The average molecular weight is 257 g/mol. The van der Waals surface area contributed by atoms with Gasteiger partial charge in [-0.1, -0.05) is 36.0 Å². The van der Waals surface area contributed by atoms with Gasteiger partial charge >= 0.3 is 0 Å². The van der Waals surface area contributed by atoms with E-state index >= 15 is 0 Å². The molecule has 1 heterocycles. The van der Waals surface area contributed by atoms with E-state index in [0.717, 1.165) is 38.6 Å². The van der Waals surface area contributed by atoms with Gasteiger partial charge in [0.15, 0.2) is 0 Å². The van der Waals surface area contributed by atoms with Gasteiger partial charge in [0.2, 0.25) is 10.7 Å². The Bertz CT molecular complexity index is 386. The number of primary amides is 1. The van der Waals surface area contributed by atoms with Crippen LogP contribution in [0.2, 0.25) is 0 Å². The molecule has 0 saturated heterocycles. The molecular weight excluding hydrogens is 238 g/mol. The first-order valence-electron chi connectivity index (χ1n) is 5.96. The van der Waals surface area contributed by atoms with Crippen LogP contribution in [-0.2, 0) is 11.3 Å². The smallest absolute Gasteiger partial charge is 0.238 e. The van der Waals surface area contributed by atoms with E-state index in [4.69, 9.17) is 18.0 Å². The maximum Gasteiger partial charge on any atom is 0.238 e. The lowest BCUT2D eigenvalue weighted by molar-refractivity contribution is -0.118. The van der Waals surface area contributed by atoms with E-state index in [1.165, 1.54) is 6.42 Å². The largest absolute Gasteiger partial charge is 0.370 e. The highest BCUT2D eigenvalue weighted by atomic mass is 32.1. The third kappa shape index (κ3) is 6.15. The first-order valence-corrected chi connectivity index (χ1v) is 6.37. The second-order valence-electron chi connectivity index (χ2n) is 4.07. The van der Waals surface area contributed by atoms with Crippen LogP contribution < -0.4 is 5.73 Å².